The van der Waals surface area contributed by atoms with Crippen molar-refractivity contribution in [3.8, 4) is 0 Å². The van der Waals surface area contributed by atoms with Crippen molar-refractivity contribution in [3.05, 3.63) is 102 Å². The number of amides is 1. The molecule has 0 aliphatic carbocycles. The number of carbonyl (C=O) groups excluding carboxylic acids is 1. The van der Waals surface area contributed by atoms with E-state index in [2.05, 4.69) is 44.7 Å². The molecule has 0 bridgehead atoms. The van der Waals surface area contributed by atoms with Crippen molar-refractivity contribution in [3.63, 3.8) is 0 Å². The van der Waals surface area contributed by atoms with Gasteiger partial charge in [-0.1, -0.05) is 0 Å². The molecule has 1 amide bonds. The topological polar surface area (TPSA) is 26.8 Å². The molecule has 4 rings (SSSR count). The predicted octanol–water partition coefficient (Wildman–Crippen LogP) is 3.90. The number of hydrogen-bond acceptors (Lipinski definition) is 3. The van der Waals surface area contributed by atoms with Crippen LogP contribution in [-0.2, 0) is 11.3 Å². The van der Waals surface area contributed by atoms with Gasteiger partial charge in [0.25, 0.3) is 0 Å². The van der Waals surface area contributed by atoms with Crippen molar-refractivity contribution in [1.82, 2.24) is 4.90 Å². The zero-order valence-corrected chi connectivity index (χ0v) is 18.7. The zero-order chi connectivity index (χ0) is 21.1. The summed E-state index contributed by atoms with van der Waals surface area (Å²) in [6, 6.07) is 28.1. The fourth-order valence-corrected chi connectivity index (χ4v) is 4.17. The summed E-state index contributed by atoms with van der Waals surface area (Å²) in [5.41, 5.74) is 4.75. The summed E-state index contributed by atoms with van der Waals surface area (Å²) >= 11 is 3.13. The maximum absolute atomic E-state index is 13.5. The van der Waals surface area contributed by atoms with Gasteiger partial charge in [-0.15, -0.1) is 0 Å². The van der Waals surface area contributed by atoms with Crippen molar-refractivity contribution in [2.45, 2.75) is 6.54 Å². The first-order valence-electron chi connectivity index (χ1n) is 9.78. The van der Waals surface area contributed by atoms with Crippen molar-refractivity contribution < 1.29 is 4.79 Å². The number of para-hydroxylation sites is 1. The molecule has 0 atom stereocenters. The summed E-state index contributed by atoms with van der Waals surface area (Å²) in [6.45, 7) is 0.611. The summed E-state index contributed by atoms with van der Waals surface area (Å²) in [5.74, 6) is -0.0393. The Labute approximate surface area is 185 Å². The van der Waals surface area contributed by atoms with Gasteiger partial charge in [-0.25, -0.2) is 0 Å². The van der Waals surface area contributed by atoms with E-state index in [9.17, 15) is 4.79 Å². The normalized spacial score (nSPS) is 15.2. The number of nitrogens with zero attached hydrogens (tertiary/aromatic N) is 3. The third kappa shape index (κ3) is 4.08. The van der Waals surface area contributed by atoms with Crippen molar-refractivity contribution in [1.29, 1.82) is 0 Å². The molecule has 1 aliphatic heterocycles. The Kier molecular flexibility index (Phi) is 5.84. The minimum absolute atomic E-state index is 0.0393. The number of hydrogen-bond donors (Lipinski definition) is 0. The molecular formula is C25H23N3OSe. The molecule has 1 aliphatic rings. The molecule has 0 saturated carbocycles. The quantitative estimate of drug-likeness (QED) is 0.427. The third-order valence-corrected chi connectivity index (χ3v) is 5.89. The zero-order valence-electron chi connectivity index (χ0n) is 17.0. The standard InChI is InChI=1S/C25H23N3OSe/c1-26(2)21-15-13-19(14-16-21)17-23-24(29)28(22-11-7-4-8-12-22)25(30)27(23)18-20-9-5-3-6-10-20/h3-17H,18H2,1-2H3. The Bertz CT molecular complexity index is 1080. The Balaban J connectivity index is 1.74. The average molecular weight is 460 g/mol. The van der Waals surface area contributed by atoms with Crippen LogP contribution in [0.1, 0.15) is 11.1 Å². The molecule has 4 nitrogen and oxygen atoms in total. The van der Waals surface area contributed by atoms with Gasteiger partial charge >= 0.3 is 185 Å². The first kappa shape index (κ1) is 20.1. The van der Waals surface area contributed by atoms with Crippen LogP contribution in [0.25, 0.3) is 6.08 Å². The van der Waals surface area contributed by atoms with E-state index in [1.54, 1.807) is 4.90 Å². The first-order valence-corrected chi connectivity index (χ1v) is 10.6. The Hall–Kier alpha value is -3.14. The second-order valence-electron chi connectivity index (χ2n) is 7.35. The van der Waals surface area contributed by atoms with Crippen molar-refractivity contribution >= 4 is 43.6 Å². The summed E-state index contributed by atoms with van der Waals surface area (Å²) in [7, 11) is 4.03. The van der Waals surface area contributed by atoms with E-state index < -0.39 is 0 Å². The third-order valence-electron chi connectivity index (χ3n) is 5.05. The summed E-state index contributed by atoms with van der Waals surface area (Å²) in [4.78, 5) is 19.3. The van der Waals surface area contributed by atoms with Gasteiger partial charge in [-0.05, 0) is 0 Å². The maximum atomic E-state index is 13.5. The second kappa shape index (κ2) is 8.70. The van der Waals surface area contributed by atoms with E-state index in [1.165, 1.54) is 0 Å². The van der Waals surface area contributed by atoms with Gasteiger partial charge in [0, 0.05) is 0 Å². The van der Waals surface area contributed by atoms with Crippen LogP contribution in [0, 0.1) is 0 Å². The molecular weight excluding hydrogens is 437 g/mol. The number of rotatable bonds is 5. The molecule has 0 unspecified atom stereocenters. The number of carbonyl (C=O) groups is 1. The Morgan fingerprint density at radius 1 is 0.867 bits per heavy atom. The van der Waals surface area contributed by atoms with Crippen molar-refractivity contribution in [2.75, 3.05) is 23.9 Å². The molecule has 0 spiro atoms. The Morgan fingerprint density at radius 2 is 1.47 bits per heavy atom. The molecule has 1 saturated heterocycles. The molecule has 0 aromatic heterocycles. The van der Waals surface area contributed by atoms with Crippen LogP contribution in [0.15, 0.2) is 90.6 Å². The molecule has 30 heavy (non-hydrogen) atoms. The predicted molar refractivity (Wildman–Crippen MR) is 125 cm³/mol. The van der Waals surface area contributed by atoms with Crippen LogP contribution < -0.4 is 9.80 Å². The van der Waals surface area contributed by atoms with Crippen LogP contribution >= 0.6 is 0 Å². The molecule has 3 aromatic rings. The van der Waals surface area contributed by atoms with E-state index in [0.29, 0.717) is 12.2 Å². The number of benzene rings is 3. The molecule has 5 heteroatoms. The van der Waals surface area contributed by atoms with E-state index in [-0.39, 0.29) is 5.91 Å². The van der Waals surface area contributed by atoms with Gasteiger partial charge in [0.1, 0.15) is 0 Å². The van der Waals surface area contributed by atoms with E-state index in [4.69, 9.17) is 0 Å². The van der Waals surface area contributed by atoms with E-state index >= 15 is 0 Å². The molecule has 0 N–H and O–H groups in total. The van der Waals surface area contributed by atoms with E-state index in [0.717, 1.165) is 27.2 Å². The van der Waals surface area contributed by atoms with Crippen LogP contribution in [0.4, 0.5) is 11.4 Å². The van der Waals surface area contributed by atoms with Gasteiger partial charge in [0.2, 0.25) is 0 Å². The fraction of sp³-hybridized carbons (Fsp3) is 0.120. The monoisotopic (exact) mass is 461 g/mol. The molecule has 1 heterocycles. The molecule has 3 aromatic carbocycles. The van der Waals surface area contributed by atoms with Crippen LogP contribution in [0.3, 0.4) is 0 Å². The second-order valence-corrected chi connectivity index (χ2v) is 8.11. The van der Waals surface area contributed by atoms with Crippen LogP contribution in [-0.4, -0.2) is 45.1 Å². The molecule has 0 radical (unpaired) electrons. The average Bonchev–Trinajstić information content (AvgIpc) is 2.99. The molecule has 150 valence electrons. The van der Waals surface area contributed by atoms with Gasteiger partial charge in [-0.2, -0.15) is 0 Å². The summed E-state index contributed by atoms with van der Waals surface area (Å²) in [5, 5.41) is 0. The molecule has 1 fully saturated rings. The van der Waals surface area contributed by atoms with Gasteiger partial charge in [0.15, 0.2) is 0 Å². The summed E-state index contributed by atoms with van der Waals surface area (Å²) < 4.78 is 0.784. The van der Waals surface area contributed by atoms with Crippen LogP contribution in [0.2, 0.25) is 0 Å². The number of anilines is 2. The van der Waals surface area contributed by atoms with Gasteiger partial charge in [0.05, 0.1) is 0 Å². The fourth-order valence-electron chi connectivity index (χ4n) is 3.43. The first-order chi connectivity index (χ1) is 14.5. The Morgan fingerprint density at radius 3 is 2.07 bits per heavy atom. The van der Waals surface area contributed by atoms with Crippen LogP contribution in [0.5, 0.6) is 0 Å². The minimum atomic E-state index is -0.0393. The van der Waals surface area contributed by atoms with E-state index in [1.807, 2.05) is 85.7 Å². The SMILES string of the molecule is CN(C)c1ccc(C=C2C(=O)N(c3ccccc3)C(=[Se])N2Cc2ccccc2)cc1. The van der Waals surface area contributed by atoms with Gasteiger partial charge in [-0.3, -0.25) is 0 Å². The van der Waals surface area contributed by atoms with Gasteiger partial charge < -0.3 is 0 Å². The summed E-state index contributed by atoms with van der Waals surface area (Å²) in [6.07, 6.45) is 1.96. The van der Waals surface area contributed by atoms with Crippen molar-refractivity contribution in [2.24, 2.45) is 0 Å².